The third-order valence-electron chi connectivity index (χ3n) is 2.42. The summed E-state index contributed by atoms with van der Waals surface area (Å²) < 4.78 is 7.48. The standard InChI is InChI=1S/C13H13Br2N3O/c1-2-16-12-11(15)13(18-8-17-12)19-7-9-5-3-4-6-10(9)14/h3-6,8H,2,7H2,1H3,(H,16,17,18). The highest BCUT2D eigenvalue weighted by atomic mass is 79.9. The first-order chi connectivity index (χ1) is 9.22. The molecule has 4 nitrogen and oxygen atoms in total. The zero-order chi connectivity index (χ0) is 13.7. The Morgan fingerprint density at radius 3 is 2.74 bits per heavy atom. The van der Waals surface area contributed by atoms with E-state index in [1.807, 2.05) is 31.2 Å². The van der Waals surface area contributed by atoms with Gasteiger partial charge in [-0.1, -0.05) is 34.1 Å². The summed E-state index contributed by atoms with van der Waals surface area (Å²) in [5, 5.41) is 3.14. The van der Waals surface area contributed by atoms with Crippen molar-refractivity contribution < 1.29 is 4.74 Å². The molecule has 0 radical (unpaired) electrons. The maximum absolute atomic E-state index is 5.72. The van der Waals surface area contributed by atoms with Crippen molar-refractivity contribution in [3.8, 4) is 5.88 Å². The van der Waals surface area contributed by atoms with Crippen molar-refractivity contribution in [1.82, 2.24) is 9.97 Å². The van der Waals surface area contributed by atoms with Gasteiger partial charge in [-0.3, -0.25) is 0 Å². The van der Waals surface area contributed by atoms with E-state index in [2.05, 4.69) is 47.1 Å². The maximum atomic E-state index is 5.72. The molecule has 0 bridgehead atoms. The van der Waals surface area contributed by atoms with Crippen molar-refractivity contribution in [1.29, 1.82) is 0 Å². The average molecular weight is 387 g/mol. The molecule has 0 saturated heterocycles. The van der Waals surface area contributed by atoms with Gasteiger partial charge in [0, 0.05) is 16.6 Å². The number of halogens is 2. The van der Waals surface area contributed by atoms with Gasteiger partial charge < -0.3 is 10.1 Å². The molecule has 0 aliphatic heterocycles. The molecular formula is C13H13Br2N3O. The molecule has 1 heterocycles. The lowest BCUT2D eigenvalue weighted by atomic mass is 10.2. The van der Waals surface area contributed by atoms with Crippen LogP contribution < -0.4 is 10.1 Å². The van der Waals surface area contributed by atoms with Crippen LogP contribution >= 0.6 is 31.9 Å². The summed E-state index contributed by atoms with van der Waals surface area (Å²) in [7, 11) is 0. The third kappa shape index (κ3) is 3.67. The van der Waals surface area contributed by atoms with Crippen molar-refractivity contribution in [3.63, 3.8) is 0 Å². The fourth-order valence-corrected chi connectivity index (χ4v) is 2.37. The molecule has 2 rings (SSSR count). The largest absolute Gasteiger partial charge is 0.472 e. The predicted octanol–water partition coefficient (Wildman–Crippen LogP) is 4.01. The maximum Gasteiger partial charge on any atom is 0.233 e. The summed E-state index contributed by atoms with van der Waals surface area (Å²) in [6, 6.07) is 7.93. The van der Waals surface area contributed by atoms with E-state index in [0.717, 1.165) is 26.9 Å². The van der Waals surface area contributed by atoms with Crippen LogP contribution in [-0.4, -0.2) is 16.5 Å². The SMILES string of the molecule is CCNc1ncnc(OCc2ccccc2Br)c1Br. The summed E-state index contributed by atoms with van der Waals surface area (Å²) in [6.45, 7) is 3.25. The Morgan fingerprint density at radius 1 is 1.21 bits per heavy atom. The fraction of sp³-hybridized carbons (Fsp3) is 0.231. The molecule has 0 aliphatic rings. The van der Waals surface area contributed by atoms with E-state index in [1.54, 1.807) is 0 Å². The number of anilines is 1. The molecule has 0 spiro atoms. The highest BCUT2D eigenvalue weighted by Crippen LogP contribution is 2.29. The van der Waals surface area contributed by atoms with Crippen LogP contribution in [0.5, 0.6) is 5.88 Å². The number of hydrogen-bond acceptors (Lipinski definition) is 4. The first kappa shape index (κ1) is 14.3. The van der Waals surface area contributed by atoms with Gasteiger partial charge in [-0.05, 0) is 28.9 Å². The first-order valence-corrected chi connectivity index (χ1v) is 7.41. The smallest absolute Gasteiger partial charge is 0.233 e. The van der Waals surface area contributed by atoms with E-state index in [9.17, 15) is 0 Å². The summed E-state index contributed by atoms with van der Waals surface area (Å²) in [6.07, 6.45) is 1.48. The minimum Gasteiger partial charge on any atom is -0.472 e. The summed E-state index contributed by atoms with van der Waals surface area (Å²) >= 11 is 6.94. The van der Waals surface area contributed by atoms with Gasteiger partial charge in [-0.2, -0.15) is 0 Å². The van der Waals surface area contributed by atoms with E-state index >= 15 is 0 Å². The van der Waals surface area contributed by atoms with Crippen LogP contribution in [0.2, 0.25) is 0 Å². The zero-order valence-corrected chi connectivity index (χ0v) is 13.5. The second kappa shape index (κ2) is 6.86. The highest BCUT2D eigenvalue weighted by molar-refractivity contribution is 9.11. The Kier molecular flexibility index (Phi) is 5.15. The molecular weight excluding hydrogens is 374 g/mol. The van der Waals surface area contributed by atoms with Gasteiger partial charge in [0.1, 0.15) is 23.2 Å². The molecule has 6 heteroatoms. The Labute approximate surface area is 128 Å². The fourth-order valence-electron chi connectivity index (χ4n) is 1.51. The van der Waals surface area contributed by atoms with E-state index in [-0.39, 0.29) is 0 Å². The van der Waals surface area contributed by atoms with Crippen LogP contribution in [0.25, 0.3) is 0 Å². The van der Waals surface area contributed by atoms with E-state index < -0.39 is 0 Å². The van der Waals surface area contributed by atoms with Crippen LogP contribution in [0.4, 0.5) is 5.82 Å². The van der Waals surface area contributed by atoms with Gasteiger partial charge in [0.05, 0.1) is 0 Å². The number of ether oxygens (including phenoxy) is 1. The van der Waals surface area contributed by atoms with E-state index in [4.69, 9.17) is 4.74 Å². The number of hydrogen-bond donors (Lipinski definition) is 1. The van der Waals surface area contributed by atoms with Gasteiger partial charge in [0.25, 0.3) is 0 Å². The second-order valence-electron chi connectivity index (χ2n) is 3.75. The van der Waals surface area contributed by atoms with Crippen LogP contribution in [0.1, 0.15) is 12.5 Å². The van der Waals surface area contributed by atoms with Gasteiger partial charge in [-0.25, -0.2) is 9.97 Å². The number of benzene rings is 1. The van der Waals surface area contributed by atoms with Crippen molar-refractivity contribution in [2.75, 3.05) is 11.9 Å². The monoisotopic (exact) mass is 385 g/mol. The minimum absolute atomic E-state index is 0.447. The molecule has 19 heavy (non-hydrogen) atoms. The third-order valence-corrected chi connectivity index (χ3v) is 3.91. The molecule has 0 unspecified atom stereocenters. The average Bonchev–Trinajstić information content (AvgIpc) is 2.42. The van der Waals surface area contributed by atoms with E-state index in [1.165, 1.54) is 6.33 Å². The van der Waals surface area contributed by atoms with E-state index in [0.29, 0.717) is 12.5 Å². The lowest BCUT2D eigenvalue weighted by molar-refractivity contribution is 0.290. The molecule has 100 valence electrons. The van der Waals surface area contributed by atoms with Gasteiger partial charge in [0.2, 0.25) is 5.88 Å². The number of aromatic nitrogens is 2. The lowest BCUT2D eigenvalue weighted by Gasteiger charge is -2.10. The summed E-state index contributed by atoms with van der Waals surface area (Å²) in [4.78, 5) is 8.27. The number of nitrogens with zero attached hydrogens (tertiary/aromatic N) is 2. The summed E-state index contributed by atoms with van der Waals surface area (Å²) in [5.74, 6) is 1.27. The molecule has 1 N–H and O–H groups in total. The highest BCUT2D eigenvalue weighted by Gasteiger charge is 2.10. The Morgan fingerprint density at radius 2 is 2.00 bits per heavy atom. The van der Waals surface area contributed by atoms with Gasteiger partial charge in [0.15, 0.2) is 0 Å². The second-order valence-corrected chi connectivity index (χ2v) is 5.40. The molecule has 0 fully saturated rings. The van der Waals surface area contributed by atoms with Crippen molar-refractivity contribution in [2.24, 2.45) is 0 Å². The molecule has 0 aliphatic carbocycles. The minimum atomic E-state index is 0.447. The molecule has 0 amide bonds. The van der Waals surface area contributed by atoms with Crippen LogP contribution in [0.15, 0.2) is 39.5 Å². The first-order valence-electron chi connectivity index (χ1n) is 5.83. The van der Waals surface area contributed by atoms with Crippen LogP contribution in [0.3, 0.4) is 0 Å². The molecule has 1 aromatic carbocycles. The molecule has 0 atom stereocenters. The van der Waals surface area contributed by atoms with Crippen LogP contribution in [-0.2, 0) is 6.61 Å². The molecule has 1 aromatic heterocycles. The Bertz CT molecular complexity index is 563. The van der Waals surface area contributed by atoms with Crippen LogP contribution in [0, 0.1) is 0 Å². The normalized spacial score (nSPS) is 10.3. The quantitative estimate of drug-likeness (QED) is 0.843. The molecule has 0 saturated carbocycles. The van der Waals surface area contributed by atoms with Crippen molar-refractivity contribution in [3.05, 3.63) is 45.1 Å². The summed E-state index contributed by atoms with van der Waals surface area (Å²) in [5.41, 5.74) is 1.07. The Hall–Kier alpha value is -1.14. The van der Waals surface area contributed by atoms with Crippen molar-refractivity contribution >= 4 is 37.7 Å². The zero-order valence-electron chi connectivity index (χ0n) is 10.4. The Balaban J connectivity index is 2.12. The van der Waals surface area contributed by atoms with Crippen molar-refractivity contribution in [2.45, 2.75) is 13.5 Å². The number of rotatable bonds is 5. The lowest BCUT2D eigenvalue weighted by Crippen LogP contribution is -2.04. The van der Waals surface area contributed by atoms with Gasteiger partial charge >= 0.3 is 0 Å². The molecule has 2 aromatic rings. The predicted molar refractivity (Wildman–Crippen MR) is 82.4 cm³/mol. The van der Waals surface area contributed by atoms with Gasteiger partial charge in [-0.15, -0.1) is 0 Å². The topological polar surface area (TPSA) is 47.0 Å². The number of nitrogens with one attached hydrogen (secondary N) is 1.